The topological polar surface area (TPSA) is 72.7 Å². The van der Waals surface area contributed by atoms with Crippen molar-refractivity contribution in [2.45, 2.75) is 26.0 Å². The number of rotatable bonds is 2. The van der Waals surface area contributed by atoms with Crippen molar-refractivity contribution in [2.75, 3.05) is 11.1 Å². The maximum Gasteiger partial charge on any atom is 0.252 e. The van der Waals surface area contributed by atoms with E-state index in [2.05, 4.69) is 20.4 Å². The van der Waals surface area contributed by atoms with Crippen molar-refractivity contribution in [3.05, 3.63) is 64.1 Å². The first-order chi connectivity index (χ1) is 13.3. The van der Waals surface area contributed by atoms with Gasteiger partial charge in [0, 0.05) is 22.5 Å². The number of thioether (sulfide) groups is 1. The fourth-order valence-electron chi connectivity index (χ4n) is 3.29. The largest absolute Gasteiger partial charge is 0.309 e. The molecule has 3 heterocycles. The van der Waals surface area contributed by atoms with Gasteiger partial charge in [0.2, 0.25) is 5.91 Å². The number of hydrogen-bond donors (Lipinski definition) is 1. The van der Waals surface area contributed by atoms with Crippen molar-refractivity contribution in [3.63, 3.8) is 0 Å². The Morgan fingerprint density at radius 3 is 2.57 bits per heavy atom. The van der Waals surface area contributed by atoms with E-state index < -0.39 is 16.9 Å². The van der Waals surface area contributed by atoms with Gasteiger partial charge in [-0.05, 0) is 45.0 Å². The van der Waals surface area contributed by atoms with E-state index >= 15 is 0 Å². The average Bonchev–Trinajstić information content (AvgIpc) is 2.83. The van der Waals surface area contributed by atoms with E-state index in [0.29, 0.717) is 23.0 Å². The van der Waals surface area contributed by atoms with Crippen LogP contribution in [0, 0.1) is 32.4 Å². The number of aromatic nitrogens is 4. The Hall–Kier alpha value is -2.81. The normalized spacial score (nSPS) is 16.5. The van der Waals surface area contributed by atoms with Crippen LogP contribution >= 0.6 is 11.8 Å². The molecule has 3 aromatic rings. The van der Waals surface area contributed by atoms with Gasteiger partial charge in [0.25, 0.3) is 5.95 Å². The fourth-order valence-corrected chi connectivity index (χ4v) is 4.49. The van der Waals surface area contributed by atoms with Crippen LogP contribution in [0.4, 0.5) is 14.6 Å². The van der Waals surface area contributed by atoms with Crippen molar-refractivity contribution in [3.8, 4) is 5.95 Å². The highest BCUT2D eigenvalue weighted by molar-refractivity contribution is 8.00. The number of halogens is 2. The van der Waals surface area contributed by atoms with Gasteiger partial charge in [-0.15, -0.1) is 11.8 Å². The van der Waals surface area contributed by atoms with Crippen molar-refractivity contribution < 1.29 is 13.6 Å². The number of anilines is 1. The predicted octanol–water partition coefficient (Wildman–Crippen LogP) is 3.64. The van der Waals surface area contributed by atoms with Crippen LogP contribution in [-0.4, -0.2) is 31.4 Å². The maximum atomic E-state index is 14.5. The summed E-state index contributed by atoms with van der Waals surface area (Å²) in [6.07, 6.45) is 0. The van der Waals surface area contributed by atoms with Crippen LogP contribution in [0.1, 0.15) is 33.5 Å². The van der Waals surface area contributed by atoms with E-state index in [0.717, 1.165) is 29.6 Å². The molecular formula is C19H17F2N5OS. The standard InChI is InChI=1S/C19H17F2N5OS/c1-9-6-10(2)23-19(22-9)26-18-16(11(3)25-26)17(28-8-15(27)24-18)13-7-12(20)4-5-14(13)21/h4-7,17H,8H2,1-3H3,(H,24,27)/t17-/m1/s1. The summed E-state index contributed by atoms with van der Waals surface area (Å²) >= 11 is 1.23. The smallest absolute Gasteiger partial charge is 0.252 e. The van der Waals surface area contributed by atoms with Crippen LogP contribution in [0.5, 0.6) is 0 Å². The van der Waals surface area contributed by atoms with E-state index in [-0.39, 0.29) is 17.2 Å². The van der Waals surface area contributed by atoms with Gasteiger partial charge in [0.05, 0.1) is 16.7 Å². The van der Waals surface area contributed by atoms with Gasteiger partial charge in [0.15, 0.2) is 0 Å². The zero-order chi connectivity index (χ0) is 20.0. The fraction of sp³-hybridized carbons (Fsp3) is 0.263. The lowest BCUT2D eigenvalue weighted by Crippen LogP contribution is -2.17. The molecule has 1 aromatic carbocycles. The van der Waals surface area contributed by atoms with Crippen molar-refractivity contribution >= 4 is 23.5 Å². The number of fused-ring (bicyclic) bond motifs is 1. The molecule has 144 valence electrons. The molecule has 0 saturated carbocycles. The minimum atomic E-state index is -0.593. The lowest BCUT2D eigenvalue weighted by molar-refractivity contribution is -0.113. The Morgan fingerprint density at radius 1 is 1.14 bits per heavy atom. The number of carbonyl (C=O) groups excluding carboxylic acids is 1. The number of benzene rings is 1. The van der Waals surface area contributed by atoms with Crippen LogP contribution < -0.4 is 5.32 Å². The highest BCUT2D eigenvalue weighted by Gasteiger charge is 2.32. The molecule has 0 spiro atoms. The van der Waals surface area contributed by atoms with Gasteiger partial charge >= 0.3 is 0 Å². The molecule has 1 amide bonds. The van der Waals surface area contributed by atoms with E-state index in [1.807, 2.05) is 19.9 Å². The van der Waals surface area contributed by atoms with Crippen molar-refractivity contribution in [2.24, 2.45) is 0 Å². The minimum absolute atomic E-state index is 0.0996. The molecule has 1 atom stereocenters. The van der Waals surface area contributed by atoms with Crippen LogP contribution in [0.15, 0.2) is 24.3 Å². The Labute approximate surface area is 164 Å². The zero-order valence-corrected chi connectivity index (χ0v) is 16.3. The van der Waals surface area contributed by atoms with E-state index in [1.165, 1.54) is 16.4 Å². The number of carbonyl (C=O) groups is 1. The summed E-state index contributed by atoms with van der Waals surface area (Å²) in [4.78, 5) is 21.1. The molecule has 1 N–H and O–H groups in total. The third-order valence-electron chi connectivity index (χ3n) is 4.41. The van der Waals surface area contributed by atoms with Gasteiger partial charge in [0.1, 0.15) is 17.5 Å². The predicted molar refractivity (Wildman–Crippen MR) is 103 cm³/mol. The SMILES string of the molecule is Cc1cc(C)nc(-n2nc(C)c3c2NC(=O)CS[C@@H]3c2cc(F)ccc2F)n1. The van der Waals surface area contributed by atoms with Gasteiger partial charge in [-0.2, -0.15) is 9.78 Å². The molecule has 2 aromatic heterocycles. The Balaban J connectivity index is 1.94. The Morgan fingerprint density at radius 2 is 1.86 bits per heavy atom. The number of nitrogens with one attached hydrogen (secondary N) is 1. The molecule has 6 nitrogen and oxygen atoms in total. The first kappa shape index (κ1) is 18.5. The van der Waals surface area contributed by atoms with Crippen LogP contribution in [0.25, 0.3) is 5.95 Å². The highest BCUT2D eigenvalue weighted by atomic mass is 32.2. The first-order valence-electron chi connectivity index (χ1n) is 8.62. The summed E-state index contributed by atoms with van der Waals surface area (Å²) in [5.41, 5.74) is 2.88. The molecule has 0 bridgehead atoms. The van der Waals surface area contributed by atoms with Crippen molar-refractivity contribution in [1.82, 2.24) is 19.7 Å². The second-order valence-electron chi connectivity index (χ2n) is 6.62. The summed E-state index contributed by atoms with van der Waals surface area (Å²) in [5, 5.41) is 6.73. The van der Waals surface area contributed by atoms with Crippen LogP contribution in [0.2, 0.25) is 0 Å². The van der Waals surface area contributed by atoms with Gasteiger partial charge in [-0.25, -0.2) is 18.7 Å². The molecule has 9 heteroatoms. The third-order valence-corrected chi connectivity index (χ3v) is 5.66. The quantitative estimate of drug-likeness (QED) is 0.710. The maximum absolute atomic E-state index is 14.5. The number of amides is 1. The van der Waals surface area contributed by atoms with Gasteiger partial charge in [-0.3, -0.25) is 4.79 Å². The number of hydrogen-bond acceptors (Lipinski definition) is 5. The van der Waals surface area contributed by atoms with E-state index in [4.69, 9.17) is 0 Å². The van der Waals surface area contributed by atoms with Crippen LogP contribution in [0.3, 0.4) is 0 Å². The molecule has 0 unspecified atom stereocenters. The summed E-state index contributed by atoms with van der Waals surface area (Å²) < 4.78 is 29.8. The lowest BCUT2D eigenvalue weighted by atomic mass is 10.0. The summed E-state index contributed by atoms with van der Waals surface area (Å²) in [6.45, 7) is 5.44. The summed E-state index contributed by atoms with van der Waals surface area (Å²) in [7, 11) is 0. The molecule has 1 aliphatic heterocycles. The zero-order valence-electron chi connectivity index (χ0n) is 15.5. The second-order valence-corrected chi connectivity index (χ2v) is 7.71. The number of aryl methyl sites for hydroxylation is 3. The molecule has 0 radical (unpaired) electrons. The van der Waals surface area contributed by atoms with Gasteiger partial charge in [-0.1, -0.05) is 0 Å². The van der Waals surface area contributed by atoms with E-state index in [9.17, 15) is 13.6 Å². The van der Waals surface area contributed by atoms with E-state index in [1.54, 1.807) is 6.92 Å². The van der Waals surface area contributed by atoms with Gasteiger partial charge < -0.3 is 5.32 Å². The first-order valence-corrected chi connectivity index (χ1v) is 9.67. The monoisotopic (exact) mass is 401 g/mol. The Kier molecular flexibility index (Phi) is 4.62. The molecular weight excluding hydrogens is 384 g/mol. The summed E-state index contributed by atoms with van der Waals surface area (Å²) in [5.74, 6) is -0.531. The lowest BCUT2D eigenvalue weighted by Gasteiger charge is -2.16. The average molecular weight is 401 g/mol. The number of nitrogens with zero attached hydrogens (tertiary/aromatic N) is 4. The minimum Gasteiger partial charge on any atom is -0.309 e. The molecule has 4 rings (SSSR count). The van der Waals surface area contributed by atoms with Crippen molar-refractivity contribution in [1.29, 1.82) is 0 Å². The highest BCUT2D eigenvalue weighted by Crippen LogP contribution is 2.44. The molecule has 28 heavy (non-hydrogen) atoms. The second kappa shape index (κ2) is 6.97. The molecule has 1 aliphatic rings. The molecule has 0 saturated heterocycles. The van der Waals surface area contributed by atoms with Crippen LogP contribution in [-0.2, 0) is 4.79 Å². The Bertz CT molecular complexity index is 1080. The summed E-state index contributed by atoms with van der Waals surface area (Å²) in [6, 6.07) is 5.16. The molecule has 0 fully saturated rings. The molecule has 0 aliphatic carbocycles. The third kappa shape index (κ3) is 3.26.